The van der Waals surface area contributed by atoms with Crippen molar-refractivity contribution in [2.45, 2.75) is 6.92 Å². The Morgan fingerprint density at radius 3 is 2.67 bits per heavy atom. The summed E-state index contributed by atoms with van der Waals surface area (Å²) in [5, 5.41) is 0. The van der Waals surface area contributed by atoms with Crippen LogP contribution >= 0.6 is 28.1 Å². The Morgan fingerprint density at radius 2 is 2.11 bits per heavy atom. The van der Waals surface area contributed by atoms with Gasteiger partial charge in [0, 0.05) is 17.8 Å². The van der Waals surface area contributed by atoms with E-state index in [2.05, 4.69) is 20.9 Å². The van der Waals surface area contributed by atoms with Crippen molar-refractivity contribution in [2.75, 3.05) is 0 Å². The van der Waals surface area contributed by atoms with E-state index in [9.17, 15) is 0 Å². The van der Waals surface area contributed by atoms with Crippen molar-refractivity contribution in [1.82, 2.24) is 4.98 Å². The summed E-state index contributed by atoms with van der Waals surface area (Å²) >= 11 is 8.31. The van der Waals surface area contributed by atoms with Gasteiger partial charge in [0.2, 0.25) is 5.88 Å². The van der Waals surface area contributed by atoms with Crippen molar-refractivity contribution in [1.29, 1.82) is 0 Å². The number of rotatable bonds is 3. The van der Waals surface area contributed by atoms with Gasteiger partial charge >= 0.3 is 0 Å². The maximum atomic E-state index is 5.66. The van der Waals surface area contributed by atoms with E-state index in [0.717, 1.165) is 21.3 Å². The van der Waals surface area contributed by atoms with Gasteiger partial charge in [-0.2, -0.15) is 0 Å². The van der Waals surface area contributed by atoms with E-state index in [1.54, 1.807) is 18.3 Å². The van der Waals surface area contributed by atoms with Crippen LogP contribution in [0, 0.1) is 6.92 Å². The minimum absolute atomic E-state index is 0.325. The standard InChI is InChI=1S/C13H11BrN2OS/c1-8-2-4-11(10(14)6-8)17-12-5-3-9(7-16-12)13(15)18/h2-7H,1H3,(H2,15,18). The number of halogens is 1. The molecule has 2 rings (SSSR count). The molecule has 0 aliphatic carbocycles. The summed E-state index contributed by atoms with van der Waals surface area (Å²) in [6.45, 7) is 2.02. The van der Waals surface area contributed by atoms with Crippen LogP contribution in [0.3, 0.4) is 0 Å². The number of benzene rings is 1. The minimum atomic E-state index is 0.325. The number of aryl methyl sites for hydroxylation is 1. The highest BCUT2D eigenvalue weighted by molar-refractivity contribution is 9.10. The van der Waals surface area contributed by atoms with Crippen molar-refractivity contribution in [3.63, 3.8) is 0 Å². The van der Waals surface area contributed by atoms with Crippen LogP contribution in [0.5, 0.6) is 11.6 Å². The van der Waals surface area contributed by atoms with Crippen LogP contribution in [0.25, 0.3) is 0 Å². The largest absolute Gasteiger partial charge is 0.438 e. The second-order valence-electron chi connectivity index (χ2n) is 3.79. The number of hydrogen-bond acceptors (Lipinski definition) is 3. The van der Waals surface area contributed by atoms with E-state index in [4.69, 9.17) is 22.7 Å². The Kier molecular flexibility index (Phi) is 3.93. The maximum absolute atomic E-state index is 5.66. The lowest BCUT2D eigenvalue weighted by molar-refractivity contribution is 0.460. The summed E-state index contributed by atoms with van der Waals surface area (Å²) < 4.78 is 6.55. The lowest BCUT2D eigenvalue weighted by atomic mass is 10.2. The van der Waals surface area contributed by atoms with E-state index >= 15 is 0 Å². The topological polar surface area (TPSA) is 48.1 Å². The van der Waals surface area contributed by atoms with E-state index < -0.39 is 0 Å². The number of hydrogen-bond donors (Lipinski definition) is 1. The third kappa shape index (κ3) is 3.05. The van der Waals surface area contributed by atoms with Crippen molar-refractivity contribution in [3.05, 3.63) is 52.1 Å². The van der Waals surface area contributed by atoms with E-state index in [-0.39, 0.29) is 0 Å². The normalized spacial score (nSPS) is 10.1. The highest BCUT2D eigenvalue weighted by Gasteiger charge is 2.04. The molecule has 0 saturated carbocycles. The summed E-state index contributed by atoms with van der Waals surface area (Å²) in [7, 11) is 0. The van der Waals surface area contributed by atoms with Gasteiger partial charge in [0.15, 0.2) is 0 Å². The fourth-order valence-corrected chi connectivity index (χ4v) is 2.08. The summed E-state index contributed by atoms with van der Waals surface area (Å²) in [6, 6.07) is 9.37. The number of nitrogens with two attached hydrogens (primary N) is 1. The van der Waals surface area contributed by atoms with Gasteiger partial charge in [-0.1, -0.05) is 18.3 Å². The second kappa shape index (κ2) is 5.46. The Balaban J connectivity index is 2.21. The van der Waals surface area contributed by atoms with Gasteiger partial charge in [-0.05, 0) is 46.6 Å². The summed E-state index contributed by atoms with van der Waals surface area (Å²) in [5.41, 5.74) is 7.38. The number of nitrogens with zero attached hydrogens (tertiary/aromatic N) is 1. The van der Waals surface area contributed by atoms with Gasteiger partial charge in [-0.3, -0.25) is 0 Å². The molecule has 5 heteroatoms. The zero-order valence-electron chi connectivity index (χ0n) is 9.68. The molecule has 0 amide bonds. The van der Waals surface area contributed by atoms with Crippen LogP contribution in [0.2, 0.25) is 0 Å². The monoisotopic (exact) mass is 322 g/mol. The quantitative estimate of drug-likeness (QED) is 0.877. The minimum Gasteiger partial charge on any atom is -0.438 e. The number of thiocarbonyl (C=S) groups is 1. The van der Waals surface area contributed by atoms with Gasteiger partial charge < -0.3 is 10.5 Å². The molecule has 0 fully saturated rings. The second-order valence-corrected chi connectivity index (χ2v) is 5.08. The molecule has 0 spiro atoms. The lowest BCUT2D eigenvalue weighted by Gasteiger charge is -2.07. The van der Waals surface area contributed by atoms with Crippen molar-refractivity contribution in [3.8, 4) is 11.6 Å². The molecule has 2 N–H and O–H groups in total. The molecule has 0 saturated heterocycles. The zero-order valence-corrected chi connectivity index (χ0v) is 12.1. The Labute approximate surface area is 119 Å². The summed E-state index contributed by atoms with van der Waals surface area (Å²) in [5.74, 6) is 1.22. The van der Waals surface area contributed by atoms with Crippen molar-refractivity contribution in [2.24, 2.45) is 5.73 Å². The SMILES string of the molecule is Cc1ccc(Oc2ccc(C(N)=S)cn2)c(Br)c1. The lowest BCUT2D eigenvalue weighted by Crippen LogP contribution is -2.09. The fourth-order valence-electron chi connectivity index (χ4n) is 1.39. The maximum Gasteiger partial charge on any atom is 0.219 e. The third-order valence-corrected chi connectivity index (χ3v) is 3.18. The van der Waals surface area contributed by atoms with Crippen LogP contribution in [0.15, 0.2) is 41.0 Å². The van der Waals surface area contributed by atoms with Crippen molar-refractivity contribution < 1.29 is 4.74 Å². The first-order chi connectivity index (χ1) is 8.56. The predicted octanol–water partition coefficient (Wildman–Crippen LogP) is 3.58. The molecule has 0 radical (unpaired) electrons. The first-order valence-electron chi connectivity index (χ1n) is 5.26. The van der Waals surface area contributed by atoms with Crippen LogP contribution in [0.4, 0.5) is 0 Å². The van der Waals surface area contributed by atoms with E-state index in [0.29, 0.717) is 10.9 Å². The molecule has 0 unspecified atom stereocenters. The molecule has 1 heterocycles. The number of aromatic nitrogens is 1. The first-order valence-corrected chi connectivity index (χ1v) is 6.46. The zero-order chi connectivity index (χ0) is 13.1. The Morgan fingerprint density at radius 1 is 1.33 bits per heavy atom. The molecule has 3 nitrogen and oxygen atoms in total. The van der Waals surface area contributed by atoms with E-state index in [1.807, 2.05) is 25.1 Å². The van der Waals surface area contributed by atoms with Gasteiger partial charge in [-0.15, -0.1) is 0 Å². The average Bonchev–Trinajstić information content (AvgIpc) is 2.33. The third-order valence-electron chi connectivity index (χ3n) is 2.32. The van der Waals surface area contributed by atoms with Crippen LogP contribution in [-0.2, 0) is 0 Å². The Hall–Kier alpha value is -1.46. The van der Waals surface area contributed by atoms with Crippen LogP contribution in [0.1, 0.15) is 11.1 Å². The molecule has 0 aliphatic rings. The summed E-state index contributed by atoms with van der Waals surface area (Å²) in [6.07, 6.45) is 1.60. The van der Waals surface area contributed by atoms with Gasteiger partial charge in [0.1, 0.15) is 10.7 Å². The molecule has 1 aromatic heterocycles. The first kappa shape index (κ1) is 13.0. The van der Waals surface area contributed by atoms with Crippen molar-refractivity contribution >= 4 is 33.1 Å². The molecule has 2 aromatic rings. The molecule has 0 atom stereocenters. The average molecular weight is 323 g/mol. The molecule has 1 aromatic carbocycles. The highest BCUT2D eigenvalue weighted by Crippen LogP contribution is 2.29. The highest BCUT2D eigenvalue weighted by atomic mass is 79.9. The molecule has 92 valence electrons. The van der Waals surface area contributed by atoms with Crippen LogP contribution < -0.4 is 10.5 Å². The fraction of sp³-hybridized carbons (Fsp3) is 0.0769. The number of pyridine rings is 1. The molecular weight excluding hydrogens is 312 g/mol. The Bertz CT molecular complexity index is 584. The smallest absolute Gasteiger partial charge is 0.219 e. The van der Waals surface area contributed by atoms with Gasteiger partial charge in [0.05, 0.1) is 4.47 Å². The number of ether oxygens (including phenoxy) is 1. The van der Waals surface area contributed by atoms with Gasteiger partial charge in [0.25, 0.3) is 0 Å². The van der Waals surface area contributed by atoms with Gasteiger partial charge in [-0.25, -0.2) is 4.98 Å². The summed E-state index contributed by atoms with van der Waals surface area (Å²) in [4.78, 5) is 4.47. The molecular formula is C13H11BrN2OS. The van der Waals surface area contributed by atoms with Crippen LogP contribution in [-0.4, -0.2) is 9.97 Å². The van der Waals surface area contributed by atoms with E-state index in [1.165, 1.54) is 0 Å². The molecule has 18 heavy (non-hydrogen) atoms. The molecule has 0 bridgehead atoms. The molecule has 0 aliphatic heterocycles. The predicted molar refractivity (Wildman–Crippen MR) is 79.1 cm³/mol.